The lowest BCUT2D eigenvalue weighted by molar-refractivity contribution is 0.0983. The standard InChI is InChI=1S/C21H18N2O2S2/c1-14-5-7-15(8-6-14)20(24)23(13-16-4-3-11-25-16)21-22-18-10-9-17(26-2)12-19(18)27-21/h3-12H,13H2,1-2H3. The zero-order valence-corrected chi connectivity index (χ0v) is 16.6. The molecule has 0 fully saturated rings. The van der Waals surface area contributed by atoms with Gasteiger partial charge in [-0.15, -0.1) is 11.8 Å². The molecule has 4 rings (SSSR count). The van der Waals surface area contributed by atoms with Gasteiger partial charge in [0.25, 0.3) is 5.91 Å². The van der Waals surface area contributed by atoms with Crippen LogP contribution in [0.25, 0.3) is 10.2 Å². The van der Waals surface area contributed by atoms with Crippen LogP contribution in [-0.2, 0) is 6.54 Å². The summed E-state index contributed by atoms with van der Waals surface area (Å²) < 4.78 is 6.55. The fourth-order valence-electron chi connectivity index (χ4n) is 2.77. The van der Waals surface area contributed by atoms with E-state index in [0.717, 1.165) is 21.5 Å². The smallest absolute Gasteiger partial charge is 0.260 e. The predicted molar refractivity (Wildman–Crippen MR) is 112 cm³/mol. The molecule has 6 heteroatoms. The van der Waals surface area contributed by atoms with E-state index in [-0.39, 0.29) is 5.91 Å². The summed E-state index contributed by atoms with van der Waals surface area (Å²) in [5.41, 5.74) is 2.65. The van der Waals surface area contributed by atoms with Gasteiger partial charge in [0, 0.05) is 10.5 Å². The number of hydrogen-bond acceptors (Lipinski definition) is 5. The van der Waals surface area contributed by atoms with Crippen LogP contribution >= 0.6 is 23.1 Å². The molecule has 0 aliphatic heterocycles. The van der Waals surface area contributed by atoms with Gasteiger partial charge < -0.3 is 4.42 Å². The third-order valence-electron chi connectivity index (χ3n) is 4.25. The van der Waals surface area contributed by atoms with Gasteiger partial charge >= 0.3 is 0 Å². The van der Waals surface area contributed by atoms with E-state index in [1.54, 1.807) is 22.9 Å². The predicted octanol–water partition coefficient (Wildman–Crippen LogP) is 5.77. The van der Waals surface area contributed by atoms with Crippen LogP contribution in [0.3, 0.4) is 0 Å². The van der Waals surface area contributed by atoms with Gasteiger partial charge in [0.1, 0.15) is 5.76 Å². The summed E-state index contributed by atoms with van der Waals surface area (Å²) in [5, 5.41) is 0.672. The molecule has 0 saturated carbocycles. The molecule has 0 unspecified atom stereocenters. The van der Waals surface area contributed by atoms with Crippen molar-refractivity contribution in [3.05, 3.63) is 77.7 Å². The number of aromatic nitrogens is 1. The Labute approximate surface area is 165 Å². The summed E-state index contributed by atoms with van der Waals surface area (Å²) in [5.74, 6) is 0.634. The minimum absolute atomic E-state index is 0.0875. The van der Waals surface area contributed by atoms with Crippen molar-refractivity contribution in [3.63, 3.8) is 0 Å². The number of benzene rings is 2. The molecule has 0 radical (unpaired) electrons. The number of hydrogen-bond donors (Lipinski definition) is 0. The first-order chi connectivity index (χ1) is 13.1. The Morgan fingerprint density at radius 3 is 2.70 bits per heavy atom. The van der Waals surface area contributed by atoms with Crippen molar-refractivity contribution in [2.45, 2.75) is 18.4 Å². The summed E-state index contributed by atoms with van der Waals surface area (Å²) in [7, 11) is 0. The number of aryl methyl sites for hydroxylation is 1. The van der Waals surface area contributed by atoms with Gasteiger partial charge in [0.15, 0.2) is 5.13 Å². The van der Waals surface area contributed by atoms with Crippen LogP contribution in [0.4, 0.5) is 5.13 Å². The molecule has 4 nitrogen and oxygen atoms in total. The Morgan fingerprint density at radius 1 is 1.19 bits per heavy atom. The molecule has 1 amide bonds. The summed E-state index contributed by atoms with van der Waals surface area (Å²) in [6, 6.07) is 17.5. The maximum atomic E-state index is 13.2. The maximum Gasteiger partial charge on any atom is 0.260 e. The second-order valence-corrected chi connectivity index (χ2v) is 8.06. The van der Waals surface area contributed by atoms with Crippen molar-refractivity contribution in [3.8, 4) is 0 Å². The molecule has 0 aliphatic rings. The van der Waals surface area contributed by atoms with Crippen LogP contribution < -0.4 is 4.90 Å². The Morgan fingerprint density at radius 2 is 2.00 bits per heavy atom. The average molecular weight is 395 g/mol. The summed E-state index contributed by atoms with van der Waals surface area (Å²) in [6.45, 7) is 2.35. The lowest BCUT2D eigenvalue weighted by atomic mass is 10.1. The number of anilines is 1. The monoisotopic (exact) mass is 394 g/mol. The normalized spacial score (nSPS) is 11.0. The number of furan rings is 1. The van der Waals surface area contributed by atoms with E-state index in [2.05, 4.69) is 12.1 Å². The molecule has 0 bridgehead atoms. The Kier molecular flexibility index (Phi) is 5.01. The van der Waals surface area contributed by atoms with E-state index >= 15 is 0 Å². The van der Waals surface area contributed by atoms with Crippen LogP contribution in [0.2, 0.25) is 0 Å². The molecule has 4 aromatic rings. The lowest BCUT2D eigenvalue weighted by Crippen LogP contribution is -2.30. The fraction of sp³-hybridized carbons (Fsp3) is 0.143. The van der Waals surface area contributed by atoms with E-state index in [4.69, 9.17) is 9.40 Å². The third-order valence-corrected chi connectivity index (χ3v) is 6.02. The highest BCUT2D eigenvalue weighted by Gasteiger charge is 2.22. The van der Waals surface area contributed by atoms with Crippen molar-refractivity contribution >= 4 is 44.4 Å². The molecule has 0 atom stereocenters. The molecular weight excluding hydrogens is 376 g/mol. The Bertz CT molecular complexity index is 1070. The third kappa shape index (κ3) is 3.77. The Hall–Kier alpha value is -2.57. The van der Waals surface area contributed by atoms with Gasteiger partial charge in [-0.2, -0.15) is 0 Å². The van der Waals surface area contributed by atoms with Crippen LogP contribution in [0.1, 0.15) is 21.7 Å². The van der Waals surface area contributed by atoms with Crippen molar-refractivity contribution in [2.75, 3.05) is 11.2 Å². The highest BCUT2D eigenvalue weighted by molar-refractivity contribution is 7.98. The molecule has 2 heterocycles. The van der Waals surface area contributed by atoms with Crippen molar-refractivity contribution in [2.24, 2.45) is 0 Å². The van der Waals surface area contributed by atoms with Crippen LogP contribution in [-0.4, -0.2) is 17.1 Å². The van der Waals surface area contributed by atoms with Crippen LogP contribution in [0, 0.1) is 6.92 Å². The number of carbonyl (C=O) groups excluding carboxylic acids is 1. The number of amides is 1. The number of rotatable bonds is 5. The van der Waals surface area contributed by atoms with Crippen molar-refractivity contribution in [1.82, 2.24) is 4.98 Å². The van der Waals surface area contributed by atoms with Crippen LogP contribution in [0.5, 0.6) is 0 Å². The SMILES string of the molecule is CSc1ccc2nc(N(Cc3ccco3)C(=O)c3ccc(C)cc3)sc2c1. The van der Waals surface area contributed by atoms with Crippen molar-refractivity contribution in [1.29, 1.82) is 0 Å². The molecule has 0 saturated heterocycles. The molecule has 2 aromatic carbocycles. The summed E-state index contributed by atoms with van der Waals surface area (Å²) in [4.78, 5) is 20.8. The zero-order valence-electron chi connectivity index (χ0n) is 15.0. The number of carbonyl (C=O) groups is 1. The second kappa shape index (κ2) is 7.58. The number of fused-ring (bicyclic) bond motifs is 1. The number of nitrogens with zero attached hydrogens (tertiary/aromatic N) is 2. The summed E-state index contributed by atoms with van der Waals surface area (Å²) >= 11 is 3.21. The van der Waals surface area contributed by atoms with Crippen LogP contribution in [0.15, 0.2) is 70.2 Å². The Balaban J connectivity index is 1.75. The van der Waals surface area contributed by atoms with E-state index < -0.39 is 0 Å². The van der Waals surface area contributed by atoms with Gasteiger partial charge in [-0.3, -0.25) is 9.69 Å². The first-order valence-corrected chi connectivity index (χ1v) is 10.5. The van der Waals surface area contributed by atoms with Gasteiger partial charge in [-0.25, -0.2) is 4.98 Å². The molecule has 2 aromatic heterocycles. The van der Waals surface area contributed by atoms with E-state index in [9.17, 15) is 4.79 Å². The van der Waals surface area contributed by atoms with Crippen molar-refractivity contribution < 1.29 is 9.21 Å². The maximum absolute atomic E-state index is 13.2. The first-order valence-electron chi connectivity index (χ1n) is 8.49. The van der Waals surface area contributed by atoms with E-state index in [1.165, 1.54) is 16.2 Å². The molecule has 27 heavy (non-hydrogen) atoms. The topological polar surface area (TPSA) is 46.3 Å². The fourth-order valence-corrected chi connectivity index (χ4v) is 4.29. The van der Waals surface area contributed by atoms with Gasteiger partial charge in [-0.1, -0.05) is 29.0 Å². The number of thiazole rings is 1. The molecular formula is C21H18N2O2S2. The minimum Gasteiger partial charge on any atom is -0.467 e. The lowest BCUT2D eigenvalue weighted by Gasteiger charge is -2.18. The van der Waals surface area contributed by atoms with E-state index in [1.807, 2.05) is 55.6 Å². The molecule has 136 valence electrons. The van der Waals surface area contributed by atoms with Gasteiger partial charge in [0.05, 0.1) is 23.0 Å². The minimum atomic E-state index is -0.0875. The number of thioether (sulfide) groups is 1. The highest BCUT2D eigenvalue weighted by Crippen LogP contribution is 2.33. The summed E-state index contributed by atoms with van der Waals surface area (Å²) in [6.07, 6.45) is 3.67. The molecule has 0 N–H and O–H groups in total. The van der Waals surface area contributed by atoms with Gasteiger partial charge in [0.2, 0.25) is 0 Å². The molecule has 0 aliphatic carbocycles. The highest BCUT2D eigenvalue weighted by atomic mass is 32.2. The molecule has 0 spiro atoms. The second-order valence-electron chi connectivity index (χ2n) is 6.17. The average Bonchev–Trinajstić information content (AvgIpc) is 3.34. The largest absolute Gasteiger partial charge is 0.467 e. The first kappa shape index (κ1) is 17.8. The quantitative estimate of drug-likeness (QED) is 0.403. The van der Waals surface area contributed by atoms with Gasteiger partial charge in [-0.05, 0) is 55.6 Å². The van der Waals surface area contributed by atoms with E-state index in [0.29, 0.717) is 17.2 Å². The zero-order chi connectivity index (χ0) is 18.8.